The molecule has 1 fully saturated rings. The smallest absolute Gasteiger partial charge is 0.220 e. The van der Waals surface area contributed by atoms with Crippen molar-refractivity contribution in [1.29, 1.82) is 0 Å². The highest BCUT2D eigenvalue weighted by atomic mass is 35.5. The Morgan fingerprint density at radius 1 is 1.24 bits per heavy atom. The lowest BCUT2D eigenvalue weighted by Crippen LogP contribution is -2.32. The van der Waals surface area contributed by atoms with E-state index in [0.717, 1.165) is 25.3 Å². The van der Waals surface area contributed by atoms with E-state index in [1.165, 1.54) is 12.1 Å². The minimum Gasteiger partial charge on any atom is -0.356 e. The Morgan fingerprint density at radius 2 is 1.90 bits per heavy atom. The Hall–Kier alpha value is -1.20. The van der Waals surface area contributed by atoms with Gasteiger partial charge in [-0.3, -0.25) is 4.79 Å². The zero-order chi connectivity index (χ0) is 14.5. The van der Waals surface area contributed by atoms with Gasteiger partial charge in [-0.2, -0.15) is 0 Å². The number of hydrogen-bond acceptors (Lipinski definition) is 2. The Kier molecular flexibility index (Phi) is 7.05. The van der Waals surface area contributed by atoms with Crippen molar-refractivity contribution in [3.8, 4) is 0 Å². The van der Waals surface area contributed by atoms with Gasteiger partial charge >= 0.3 is 0 Å². The third-order valence-electron chi connectivity index (χ3n) is 3.82. The first-order valence-electron chi connectivity index (χ1n) is 7.02. The lowest BCUT2D eigenvalue weighted by molar-refractivity contribution is -0.122. The van der Waals surface area contributed by atoms with E-state index in [2.05, 4.69) is 5.32 Å². The van der Waals surface area contributed by atoms with Crippen LogP contribution in [0.4, 0.5) is 8.78 Å². The average molecular weight is 319 g/mol. The Balaban J connectivity index is 0.00000220. The predicted octanol–water partition coefficient (Wildman–Crippen LogP) is 2.56. The highest BCUT2D eigenvalue weighted by Gasteiger charge is 2.25. The van der Waals surface area contributed by atoms with Gasteiger partial charge in [-0.15, -0.1) is 12.4 Å². The molecule has 2 rings (SSSR count). The van der Waals surface area contributed by atoms with Gasteiger partial charge in [0.2, 0.25) is 5.91 Å². The fourth-order valence-corrected chi connectivity index (χ4v) is 2.73. The van der Waals surface area contributed by atoms with Gasteiger partial charge in [-0.05, 0) is 42.9 Å². The van der Waals surface area contributed by atoms with Crippen LogP contribution in [0.1, 0.15) is 31.2 Å². The van der Waals surface area contributed by atoms with E-state index in [4.69, 9.17) is 5.73 Å². The molecule has 2 atom stereocenters. The molecule has 0 aromatic heterocycles. The molecule has 1 amide bonds. The summed E-state index contributed by atoms with van der Waals surface area (Å²) in [5, 5.41) is 2.78. The number of rotatable bonds is 5. The predicted molar refractivity (Wildman–Crippen MR) is 80.3 cm³/mol. The summed E-state index contributed by atoms with van der Waals surface area (Å²) in [6, 6.07) is 3.52. The summed E-state index contributed by atoms with van der Waals surface area (Å²) in [5.74, 6) is -0.961. The summed E-state index contributed by atoms with van der Waals surface area (Å²) in [6.45, 7) is 0.379. The van der Waals surface area contributed by atoms with Crippen molar-refractivity contribution in [2.45, 2.75) is 38.1 Å². The van der Waals surface area contributed by atoms with Crippen LogP contribution in [0.5, 0.6) is 0 Å². The van der Waals surface area contributed by atoms with Crippen molar-refractivity contribution in [1.82, 2.24) is 5.32 Å². The molecule has 1 aliphatic carbocycles. The quantitative estimate of drug-likeness (QED) is 0.876. The molecule has 1 aromatic rings. The fourth-order valence-electron chi connectivity index (χ4n) is 2.73. The number of benzene rings is 1. The monoisotopic (exact) mass is 318 g/mol. The van der Waals surface area contributed by atoms with Crippen LogP contribution in [-0.2, 0) is 11.2 Å². The van der Waals surface area contributed by atoms with E-state index in [9.17, 15) is 13.6 Å². The van der Waals surface area contributed by atoms with Crippen LogP contribution in [0, 0.1) is 17.6 Å². The van der Waals surface area contributed by atoms with Crippen LogP contribution in [0.25, 0.3) is 0 Å². The van der Waals surface area contributed by atoms with Gasteiger partial charge in [-0.25, -0.2) is 8.78 Å². The van der Waals surface area contributed by atoms with Gasteiger partial charge in [0.05, 0.1) is 0 Å². The number of halogens is 3. The molecule has 21 heavy (non-hydrogen) atoms. The first-order valence-corrected chi connectivity index (χ1v) is 7.02. The van der Waals surface area contributed by atoms with Gasteiger partial charge < -0.3 is 11.1 Å². The number of carbonyl (C=O) groups is 1. The van der Waals surface area contributed by atoms with E-state index in [-0.39, 0.29) is 30.3 Å². The molecule has 3 N–H and O–H groups in total. The molecule has 1 aromatic carbocycles. The zero-order valence-corrected chi connectivity index (χ0v) is 12.6. The van der Waals surface area contributed by atoms with Gasteiger partial charge in [0.1, 0.15) is 11.6 Å². The molecule has 0 heterocycles. The summed E-state index contributed by atoms with van der Waals surface area (Å²) in [4.78, 5) is 11.8. The minimum atomic E-state index is -0.594. The molecule has 118 valence electrons. The summed E-state index contributed by atoms with van der Waals surface area (Å²) >= 11 is 0. The third kappa shape index (κ3) is 5.59. The zero-order valence-electron chi connectivity index (χ0n) is 11.8. The van der Waals surface area contributed by atoms with Gasteiger partial charge in [0.15, 0.2) is 0 Å². The standard InChI is InChI=1S/C15H20F2N2O.ClH/c16-12-6-10(7-13(17)9-12)4-5-19-15(20)8-11-2-1-3-14(11)18;/h6-7,9,11,14H,1-5,8,18H2,(H,19,20);1H/t11-,14+;/m0./s1. The second kappa shape index (κ2) is 8.29. The van der Waals surface area contributed by atoms with Crippen LogP contribution >= 0.6 is 12.4 Å². The fraction of sp³-hybridized carbons (Fsp3) is 0.533. The van der Waals surface area contributed by atoms with E-state index in [1.54, 1.807) is 0 Å². The molecule has 0 aliphatic heterocycles. The first-order chi connectivity index (χ1) is 9.54. The summed E-state index contributed by atoms with van der Waals surface area (Å²) in [7, 11) is 0. The van der Waals surface area contributed by atoms with Crippen LogP contribution in [0.2, 0.25) is 0 Å². The molecule has 1 aliphatic rings. The molecule has 3 nitrogen and oxygen atoms in total. The van der Waals surface area contributed by atoms with Crippen molar-refractivity contribution >= 4 is 18.3 Å². The molecule has 0 spiro atoms. The summed E-state index contributed by atoms with van der Waals surface area (Å²) in [5.41, 5.74) is 6.46. The maximum Gasteiger partial charge on any atom is 0.220 e. The van der Waals surface area contributed by atoms with E-state index in [0.29, 0.717) is 24.9 Å². The van der Waals surface area contributed by atoms with E-state index in [1.807, 2.05) is 0 Å². The highest BCUT2D eigenvalue weighted by molar-refractivity contribution is 5.85. The van der Waals surface area contributed by atoms with Crippen LogP contribution in [0.15, 0.2) is 18.2 Å². The maximum absolute atomic E-state index is 13.0. The lowest BCUT2D eigenvalue weighted by atomic mass is 10.00. The Labute approximate surface area is 129 Å². The highest BCUT2D eigenvalue weighted by Crippen LogP contribution is 2.26. The van der Waals surface area contributed by atoms with Crippen molar-refractivity contribution in [3.05, 3.63) is 35.4 Å². The van der Waals surface area contributed by atoms with Crippen molar-refractivity contribution in [2.24, 2.45) is 11.7 Å². The lowest BCUT2D eigenvalue weighted by Gasteiger charge is -2.14. The van der Waals surface area contributed by atoms with Crippen LogP contribution in [-0.4, -0.2) is 18.5 Å². The molecule has 1 saturated carbocycles. The van der Waals surface area contributed by atoms with E-state index >= 15 is 0 Å². The molecule has 0 radical (unpaired) electrons. The molecule has 6 heteroatoms. The second-order valence-electron chi connectivity index (χ2n) is 5.44. The van der Waals surface area contributed by atoms with Crippen LogP contribution in [0.3, 0.4) is 0 Å². The molecular weight excluding hydrogens is 298 g/mol. The first kappa shape index (κ1) is 17.9. The van der Waals surface area contributed by atoms with Crippen molar-refractivity contribution in [2.75, 3.05) is 6.54 Å². The third-order valence-corrected chi connectivity index (χ3v) is 3.82. The Morgan fingerprint density at radius 3 is 2.48 bits per heavy atom. The van der Waals surface area contributed by atoms with Crippen molar-refractivity contribution < 1.29 is 13.6 Å². The van der Waals surface area contributed by atoms with Crippen LogP contribution < -0.4 is 11.1 Å². The van der Waals surface area contributed by atoms with Crippen molar-refractivity contribution in [3.63, 3.8) is 0 Å². The normalized spacial score (nSPS) is 20.9. The average Bonchev–Trinajstić information content (AvgIpc) is 2.73. The number of nitrogens with two attached hydrogens (primary N) is 1. The summed E-state index contributed by atoms with van der Waals surface area (Å²) < 4.78 is 26.0. The molecule has 0 unspecified atom stereocenters. The molecule has 0 bridgehead atoms. The van der Waals surface area contributed by atoms with Gasteiger partial charge in [0.25, 0.3) is 0 Å². The number of nitrogens with one attached hydrogen (secondary N) is 1. The molecule has 0 saturated heterocycles. The van der Waals surface area contributed by atoms with E-state index < -0.39 is 11.6 Å². The number of hydrogen-bond donors (Lipinski definition) is 2. The SMILES string of the molecule is Cl.N[C@@H]1CCC[C@H]1CC(=O)NCCc1cc(F)cc(F)c1. The topological polar surface area (TPSA) is 55.1 Å². The Bertz CT molecular complexity index is 464. The largest absolute Gasteiger partial charge is 0.356 e. The van der Waals surface area contributed by atoms with Gasteiger partial charge in [0, 0.05) is 25.1 Å². The summed E-state index contributed by atoms with van der Waals surface area (Å²) in [6.07, 6.45) is 3.93. The number of carbonyl (C=O) groups excluding carboxylic acids is 1. The minimum absolute atomic E-state index is 0. The second-order valence-corrected chi connectivity index (χ2v) is 5.44. The van der Waals surface area contributed by atoms with Gasteiger partial charge in [-0.1, -0.05) is 6.42 Å². The maximum atomic E-state index is 13.0. The number of amides is 1. The molecular formula is C15H21ClF2N2O.